The van der Waals surface area contributed by atoms with E-state index in [4.69, 9.17) is 26.8 Å². The quantitative estimate of drug-likeness (QED) is 0.362. The number of fused-ring (bicyclic) bond motifs is 1. The Hall–Kier alpha value is -3.37. The van der Waals surface area contributed by atoms with Crippen LogP contribution in [0.15, 0.2) is 58.3 Å². The van der Waals surface area contributed by atoms with Crippen LogP contribution in [0.3, 0.4) is 0 Å². The van der Waals surface area contributed by atoms with E-state index in [9.17, 15) is 22.8 Å². The second kappa shape index (κ2) is 8.29. The molecular formula is C21H15ClF3N3O4. The van der Waals surface area contributed by atoms with Crippen LogP contribution in [0.2, 0.25) is 0 Å². The summed E-state index contributed by atoms with van der Waals surface area (Å²) in [7, 11) is 0. The minimum Gasteiger partial charge on any atom is -0.474 e. The van der Waals surface area contributed by atoms with Crippen LogP contribution in [0.25, 0.3) is 16.6 Å². The van der Waals surface area contributed by atoms with E-state index >= 15 is 0 Å². The standard InChI is InChI=1S/C21H15ClF3N3O4/c22-16-10-31-18(27-16)11-6-7-13-15(8-11)28(12-4-2-1-3-5-12)19(14(9-26)17(13)29)32-20(30)21(23,24)25/h1-8,16H,9-10,26H2. The highest BCUT2D eigenvalue weighted by Crippen LogP contribution is 2.30. The van der Waals surface area contributed by atoms with E-state index in [1.165, 1.54) is 16.7 Å². The van der Waals surface area contributed by atoms with E-state index in [0.29, 0.717) is 11.3 Å². The smallest absolute Gasteiger partial charge is 0.474 e. The molecule has 0 bridgehead atoms. The summed E-state index contributed by atoms with van der Waals surface area (Å²) in [6, 6.07) is 12.7. The molecule has 2 heterocycles. The maximum absolute atomic E-state index is 13.0. The molecule has 166 valence electrons. The molecule has 32 heavy (non-hydrogen) atoms. The first-order valence-corrected chi connectivity index (χ1v) is 9.75. The number of carbonyl (C=O) groups is 1. The monoisotopic (exact) mass is 465 g/mol. The number of hydrogen-bond donors (Lipinski definition) is 1. The molecule has 0 amide bonds. The Bertz CT molecular complexity index is 1290. The number of hydrogen-bond acceptors (Lipinski definition) is 6. The topological polar surface area (TPSA) is 95.9 Å². The molecule has 2 aromatic carbocycles. The summed E-state index contributed by atoms with van der Waals surface area (Å²) in [5, 5.41) is 0.158. The highest BCUT2D eigenvalue weighted by molar-refractivity contribution is 6.22. The molecule has 0 aliphatic carbocycles. The molecule has 1 atom stereocenters. The maximum atomic E-state index is 13.0. The van der Waals surface area contributed by atoms with E-state index in [-0.39, 0.29) is 29.0 Å². The number of nitrogens with zero attached hydrogens (tertiary/aromatic N) is 2. The summed E-state index contributed by atoms with van der Waals surface area (Å²) < 4.78 is 50.3. The highest BCUT2D eigenvalue weighted by atomic mass is 35.5. The van der Waals surface area contributed by atoms with Gasteiger partial charge in [-0.2, -0.15) is 13.2 Å². The first-order valence-electron chi connectivity index (χ1n) is 9.32. The van der Waals surface area contributed by atoms with E-state index in [1.807, 2.05) is 0 Å². The Morgan fingerprint density at radius 1 is 1.25 bits per heavy atom. The maximum Gasteiger partial charge on any atom is 0.491 e. The predicted molar refractivity (Wildman–Crippen MR) is 111 cm³/mol. The zero-order valence-corrected chi connectivity index (χ0v) is 17.0. The summed E-state index contributed by atoms with van der Waals surface area (Å²) in [6.07, 6.45) is -5.28. The van der Waals surface area contributed by atoms with Crippen molar-refractivity contribution in [3.8, 4) is 11.6 Å². The van der Waals surface area contributed by atoms with Crippen molar-refractivity contribution >= 4 is 34.4 Å². The zero-order valence-electron chi connectivity index (χ0n) is 16.2. The number of pyridine rings is 1. The summed E-state index contributed by atoms with van der Waals surface area (Å²) in [5.74, 6) is -2.86. The van der Waals surface area contributed by atoms with Gasteiger partial charge in [-0.3, -0.25) is 9.36 Å². The fourth-order valence-corrected chi connectivity index (χ4v) is 3.47. The molecule has 1 aromatic heterocycles. The molecule has 0 radical (unpaired) electrons. The van der Waals surface area contributed by atoms with Gasteiger partial charge in [0.05, 0.1) is 11.1 Å². The first kappa shape index (κ1) is 21.8. The third-order valence-corrected chi connectivity index (χ3v) is 4.94. The second-order valence-corrected chi connectivity index (χ2v) is 7.29. The Kier molecular flexibility index (Phi) is 5.66. The van der Waals surface area contributed by atoms with Gasteiger partial charge < -0.3 is 15.2 Å². The van der Waals surface area contributed by atoms with Crippen LogP contribution < -0.4 is 15.9 Å². The van der Waals surface area contributed by atoms with E-state index in [0.717, 1.165) is 0 Å². The third kappa shape index (κ3) is 3.94. The Morgan fingerprint density at radius 3 is 2.56 bits per heavy atom. The van der Waals surface area contributed by atoms with Crippen LogP contribution in [0.5, 0.6) is 5.88 Å². The minimum absolute atomic E-state index is 0.154. The fourth-order valence-electron chi connectivity index (χ4n) is 3.32. The normalized spacial score (nSPS) is 16.0. The number of aromatic nitrogens is 1. The van der Waals surface area contributed by atoms with Crippen LogP contribution in [-0.4, -0.2) is 34.7 Å². The third-order valence-electron chi connectivity index (χ3n) is 4.72. The van der Waals surface area contributed by atoms with Crippen molar-refractivity contribution in [1.29, 1.82) is 0 Å². The second-order valence-electron chi connectivity index (χ2n) is 6.79. The van der Waals surface area contributed by atoms with Gasteiger partial charge in [0.1, 0.15) is 6.61 Å². The number of rotatable bonds is 4. The lowest BCUT2D eigenvalue weighted by molar-refractivity contribution is -0.190. The summed E-state index contributed by atoms with van der Waals surface area (Å²) in [5.41, 5.74) is 5.12. The molecule has 0 spiro atoms. The number of carbonyl (C=O) groups excluding carboxylic acids is 1. The zero-order chi connectivity index (χ0) is 23.0. The van der Waals surface area contributed by atoms with Crippen molar-refractivity contribution in [1.82, 2.24) is 4.57 Å². The summed E-state index contributed by atoms with van der Waals surface area (Å²) >= 11 is 5.95. The van der Waals surface area contributed by atoms with Gasteiger partial charge in [0.15, 0.2) is 10.9 Å². The van der Waals surface area contributed by atoms with Crippen molar-refractivity contribution in [2.24, 2.45) is 10.7 Å². The highest BCUT2D eigenvalue weighted by Gasteiger charge is 2.42. The molecule has 0 fully saturated rings. The van der Waals surface area contributed by atoms with Gasteiger partial charge in [0.2, 0.25) is 11.8 Å². The van der Waals surface area contributed by atoms with Crippen LogP contribution in [0, 0.1) is 0 Å². The molecule has 2 N–H and O–H groups in total. The molecule has 0 saturated carbocycles. The molecule has 3 aromatic rings. The van der Waals surface area contributed by atoms with Crippen molar-refractivity contribution in [2.75, 3.05) is 6.61 Å². The lowest BCUT2D eigenvalue weighted by atomic mass is 10.1. The number of ether oxygens (including phenoxy) is 2. The molecule has 1 aliphatic rings. The Labute approximate surface area is 183 Å². The average Bonchev–Trinajstić information content (AvgIpc) is 3.20. The van der Waals surface area contributed by atoms with Gasteiger partial charge in [-0.25, -0.2) is 9.79 Å². The Balaban J connectivity index is 2.06. The van der Waals surface area contributed by atoms with Gasteiger partial charge in [-0.15, -0.1) is 0 Å². The first-order chi connectivity index (χ1) is 15.2. The van der Waals surface area contributed by atoms with Crippen LogP contribution >= 0.6 is 11.6 Å². The number of esters is 1. The van der Waals surface area contributed by atoms with Crippen molar-refractivity contribution < 1.29 is 27.4 Å². The number of benzene rings is 2. The number of aliphatic imine (C=N–C) groups is 1. The molecule has 11 heteroatoms. The van der Waals surface area contributed by atoms with Gasteiger partial charge in [0, 0.05) is 23.2 Å². The average molecular weight is 466 g/mol. The van der Waals surface area contributed by atoms with Gasteiger partial charge in [0.25, 0.3) is 0 Å². The molecule has 1 unspecified atom stereocenters. The lowest BCUT2D eigenvalue weighted by Crippen LogP contribution is -2.31. The largest absolute Gasteiger partial charge is 0.491 e. The molecule has 1 aliphatic heterocycles. The van der Waals surface area contributed by atoms with Crippen LogP contribution in [0.1, 0.15) is 11.1 Å². The predicted octanol–water partition coefficient (Wildman–Crippen LogP) is 3.26. The van der Waals surface area contributed by atoms with Gasteiger partial charge >= 0.3 is 12.1 Å². The molecule has 4 rings (SSSR count). The van der Waals surface area contributed by atoms with Crippen molar-refractivity contribution in [3.63, 3.8) is 0 Å². The lowest BCUT2D eigenvalue weighted by Gasteiger charge is -2.20. The van der Waals surface area contributed by atoms with Crippen LogP contribution in [0.4, 0.5) is 13.2 Å². The fraction of sp³-hybridized carbons (Fsp3) is 0.190. The number of nitrogens with two attached hydrogens (primary N) is 1. The molecular weight excluding hydrogens is 451 g/mol. The van der Waals surface area contributed by atoms with E-state index in [1.54, 1.807) is 36.4 Å². The minimum atomic E-state index is -5.28. The van der Waals surface area contributed by atoms with Gasteiger partial charge in [-0.1, -0.05) is 29.8 Å². The number of para-hydroxylation sites is 1. The number of alkyl halides is 4. The summed E-state index contributed by atoms with van der Waals surface area (Å²) in [6.45, 7) is -0.297. The van der Waals surface area contributed by atoms with Crippen LogP contribution in [-0.2, 0) is 16.1 Å². The van der Waals surface area contributed by atoms with Gasteiger partial charge in [-0.05, 0) is 30.3 Å². The Morgan fingerprint density at radius 2 is 1.97 bits per heavy atom. The van der Waals surface area contributed by atoms with Crippen molar-refractivity contribution in [3.05, 3.63) is 69.9 Å². The van der Waals surface area contributed by atoms with Crippen molar-refractivity contribution in [2.45, 2.75) is 18.2 Å². The molecule has 7 nitrogen and oxygen atoms in total. The number of halogens is 4. The molecule has 0 saturated heterocycles. The van der Waals surface area contributed by atoms with E-state index in [2.05, 4.69) is 4.99 Å². The summed E-state index contributed by atoms with van der Waals surface area (Å²) in [4.78, 5) is 28.9. The SMILES string of the molecule is NCc1c(OC(=O)C(F)(F)F)n(-c2ccccc2)c2cc(C3=NC(Cl)CO3)ccc2c1=O. The van der Waals surface area contributed by atoms with E-state index < -0.39 is 35.5 Å².